The normalized spacial score (nSPS) is 15.9. The number of nitrogens with one attached hydrogen (secondary N) is 1. The van der Waals surface area contributed by atoms with Crippen LogP contribution in [0.4, 0.5) is 0 Å². The van der Waals surface area contributed by atoms with E-state index in [1.807, 2.05) is 12.1 Å². The standard InChI is InChI=1S/C14H21NO3S/c1-3-19(16,17)9-7-15-11(2)12-4-5-14-13(10-12)6-8-18-14/h4-5,10-11,15H,3,6-9H2,1-2H3. The van der Waals surface area contributed by atoms with Gasteiger partial charge >= 0.3 is 0 Å². The van der Waals surface area contributed by atoms with E-state index in [0.29, 0.717) is 6.54 Å². The molecular formula is C14H21NO3S. The summed E-state index contributed by atoms with van der Waals surface area (Å²) in [6.45, 7) is 4.98. The molecule has 0 spiro atoms. The summed E-state index contributed by atoms with van der Waals surface area (Å²) in [5.74, 6) is 1.38. The van der Waals surface area contributed by atoms with Crippen LogP contribution < -0.4 is 10.1 Å². The first-order chi connectivity index (χ1) is 9.02. The number of benzene rings is 1. The maximum Gasteiger partial charge on any atom is 0.151 e. The van der Waals surface area contributed by atoms with E-state index in [1.54, 1.807) is 6.92 Å². The number of hydrogen-bond acceptors (Lipinski definition) is 4. The lowest BCUT2D eigenvalue weighted by Gasteiger charge is -2.15. The van der Waals surface area contributed by atoms with E-state index in [2.05, 4.69) is 18.3 Å². The molecule has 1 aromatic rings. The van der Waals surface area contributed by atoms with Gasteiger partial charge in [0.1, 0.15) is 5.75 Å². The summed E-state index contributed by atoms with van der Waals surface area (Å²) in [7, 11) is -2.89. The Hall–Kier alpha value is -1.07. The first-order valence-electron chi connectivity index (χ1n) is 6.71. The average Bonchev–Trinajstić information content (AvgIpc) is 2.85. The molecule has 1 heterocycles. The molecule has 106 valence electrons. The van der Waals surface area contributed by atoms with Crippen LogP contribution in [0.2, 0.25) is 0 Å². The maximum atomic E-state index is 11.4. The topological polar surface area (TPSA) is 55.4 Å². The van der Waals surface area contributed by atoms with Gasteiger partial charge in [-0.15, -0.1) is 0 Å². The molecule has 1 aliphatic heterocycles. The van der Waals surface area contributed by atoms with Crippen LogP contribution in [-0.2, 0) is 16.3 Å². The van der Waals surface area contributed by atoms with E-state index in [0.717, 1.165) is 18.8 Å². The lowest BCUT2D eigenvalue weighted by atomic mass is 10.0. The Kier molecular flexibility index (Phi) is 4.47. The summed E-state index contributed by atoms with van der Waals surface area (Å²) < 4.78 is 28.3. The zero-order valence-electron chi connectivity index (χ0n) is 11.5. The molecule has 0 aliphatic carbocycles. The zero-order chi connectivity index (χ0) is 13.9. The van der Waals surface area contributed by atoms with E-state index >= 15 is 0 Å². The molecule has 0 aromatic heterocycles. The summed E-state index contributed by atoms with van der Waals surface area (Å²) in [5, 5.41) is 3.26. The van der Waals surface area contributed by atoms with Crippen LogP contribution in [-0.4, -0.2) is 33.1 Å². The van der Waals surface area contributed by atoms with Crippen molar-refractivity contribution in [2.45, 2.75) is 26.3 Å². The van der Waals surface area contributed by atoms with Gasteiger partial charge in [-0.05, 0) is 24.1 Å². The summed E-state index contributed by atoms with van der Waals surface area (Å²) in [5.41, 5.74) is 2.42. The minimum atomic E-state index is -2.89. The van der Waals surface area contributed by atoms with E-state index in [9.17, 15) is 8.42 Å². The Morgan fingerprint density at radius 2 is 2.21 bits per heavy atom. The number of ether oxygens (including phenoxy) is 1. The fraction of sp³-hybridized carbons (Fsp3) is 0.571. The quantitative estimate of drug-likeness (QED) is 0.863. The van der Waals surface area contributed by atoms with Crippen LogP contribution in [0.25, 0.3) is 0 Å². The van der Waals surface area contributed by atoms with Crippen molar-refractivity contribution in [2.24, 2.45) is 0 Å². The fourth-order valence-electron chi connectivity index (χ4n) is 2.17. The Bertz CT molecular complexity index is 540. The predicted octanol–water partition coefficient (Wildman–Crippen LogP) is 1.71. The van der Waals surface area contributed by atoms with Gasteiger partial charge in [0.25, 0.3) is 0 Å². The average molecular weight is 283 g/mol. The number of sulfone groups is 1. The van der Waals surface area contributed by atoms with Gasteiger partial charge in [0.15, 0.2) is 9.84 Å². The Labute approximate surface area is 115 Å². The highest BCUT2D eigenvalue weighted by atomic mass is 32.2. The zero-order valence-corrected chi connectivity index (χ0v) is 12.3. The third kappa shape index (κ3) is 3.70. The minimum Gasteiger partial charge on any atom is -0.493 e. The van der Waals surface area contributed by atoms with Crippen molar-refractivity contribution in [3.8, 4) is 5.75 Å². The van der Waals surface area contributed by atoms with Gasteiger partial charge in [0.05, 0.1) is 12.4 Å². The summed E-state index contributed by atoms with van der Waals surface area (Å²) in [6, 6.07) is 6.33. The van der Waals surface area contributed by atoms with Crippen molar-refractivity contribution < 1.29 is 13.2 Å². The molecule has 5 heteroatoms. The molecule has 4 nitrogen and oxygen atoms in total. The largest absolute Gasteiger partial charge is 0.493 e. The van der Waals surface area contributed by atoms with Gasteiger partial charge in [-0.3, -0.25) is 0 Å². The number of fused-ring (bicyclic) bond motifs is 1. The third-order valence-corrected chi connectivity index (χ3v) is 5.22. The fourth-order valence-corrected chi connectivity index (χ4v) is 2.89. The molecule has 19 heavy (non-hydrogen) atoms. The molecule has 1 aromatic carbocycles. The molecule has 1 aliphatic rings. The third-order valence-electron chi connectivity index (χ3n) is 3.52. The predicted molar refractivity (Wildman–Crippen MR) is 76.4 cm³/mol. The van der Waals surface area contributed by atoms with Crippen LogP contribution in [0, 0.1) is 0 Å². The second-order valence-electron chi connectivity index (χ2n) is 4.88. The number of hydrogen-bond donors (Lipinski definition) is 1. The Morgan fingerprint density at radius 3 is 2.95 bits per heavy atom. The van der Waals surface area contributed by atoms with Crippen LogP contribution in [0.1, 0.15) is 31.0 Å². The van der Waals surface area contributed by atoms with Crippen molar-refractivity contribution in [3.63, 3.8) is 0 Å². The Morgan fingerprint density at radius 1 is 1.42 bits per heavy atom. The van der Waals surface area contributed by atoms with Gasteiger partial charge in [-0.1, -0.05) is 19.1 Å². The van der Waals surface area contributed by atoms with Crippen molar-refractivity contribution in [1.82, 2.24) is 5.32 Å². The Balaban J connectivity index is 1.91. The van der Waals surface area contributed by atoms with E-state index in [-0.39, 0.29) is 17.5 Å². The molecule has 1 unspecified atom stereocenters. The maximum absolute atomic E-state index is 11.4. The van der Waals surface area contributed by atoms with Gasteiger partial charge in [0, 0.05) is 24.8 Å². The first kappa shape index (κ1) is 14.3. The van der Waals surface area contributed by atoms with Crippen LogP contribution in [0.5, 0.6) is 5.75 Å². The van der Waals surface area contributed by atoms with Crippen molar-refractivity contribution in [3.05, 3.63) is 29.3 Å². The van der Waals surface area contributed by atoms with Crippen LogP contribution in [0.15, 0.2) is 18.2 Å². The lowest BCUT2D eigenvalue weighted by Crippen LogP contribution is -2.26. The van der Waals surface area contributed by atoms with Gasteiger partial charge < -0.3 is 10.1 Å². The minimum absolute atomic E-state index is 0.151. The van der Waals surface area contributed by atoms with Gasteiger partial charge in [0.2, 0.25) is 0 Å². The van der Waals surface area contributed by atoms with Crippen LogP contribution in [0.3, 0.4) is 0 Å². The van der Waals surface area contributed by atoms with Crippen molar-refractivity contribution in [2.75, 3.05) is 24.7 Å². The second-order valence-corrected chi connectivity index (χ2v) is 7.35. The van der Waals surface area contributed by atoms with E-state index in [4.69, 9.17) is 4.74 Å². The molecule has 1 atom stereocenters. The molecule has 0 amide bonds. The highest BCUT2D eigenvalue weighted by Crippen LogP contribution is 2.27. The highest BCUT2D eigenvalue weighted by molar-refractivity contribution is 7.91. The molecular weight excluding hydrogens is 262 g/mol. The smallest absolute Gasteiger partial charge is 0.151 e. The molecule has 0 bridgehead atoms. The summed E-state index contributed by atoms with van der Waals surface area (Å²) in [4.78, 5) is 0. The monoisotopic (exact) mass is 283 g/mol. The number of rotatable bonds is 6. The molecule has 0 fully saturated rings. The van der Waals surface area contributed by atoms with Crippen molar-refractivity contribution in [1.29, 1.82) is 0 Å². The first-order valence-corrected chi connectivity index (χ1v) is 8.53. The molecule has 1 N–H and O–H groups in total. The molecule has 2 rings (SSSR count). The van der Waals surface area contributed by atoms with Gasteiger partial charge in [-0.25, -0.2) is 8.42 Å². The molecule has 0 saturated heterocycles. The van der Waals surface area contributed by atoms with Gasteiger partial charge in [-0.2, -0.15) is 0 Å². The second kappa shape index (κ2) is 5.92. The summed E-state index contributed by atoms with van der Waals surface area (Å²) in [6.07, 6.45) is 0.958. The van der Waals surface area contributed by atoms with Crippen molar-refractivity contribution >= 4 is 9.84 Å². The van der Waals surface area contributed by atoms with Crippen LogP contribution >= 0.6 is 0 Å². The van der Waals surface area contributed by atoms with E-state index < -0.39 is 9.84 Å². The molecule has 0 radical (unpaired) electrons. The highest BCUT2D eigenvalue weighted by Gasteiger charge is 2.15. The van der Waals surface area contributed by atoms with E-state index in [1.165, 1.54) is 11.1 Å². The SMILES string of the molecule is CCS(=O)(=O)CCNC(C)c1ccc2c(c1)CCO2. The molecule has 0 saturated carbocycles. The lowest BCUT2D eigenvalue weighted by molar-refractivity contribution is 0.356. The summed E-state index contributed by atoms with van der Waals surface area (Å²) >= 11 is 0.